The maximum atomic E-state index is 13.2. The van der Waals surface area contributed by atoms with Crippen LogP contribution in [0.2, 0.25) is 0 Å². The Balaban J connectivity index is 2.12. The predicted octanol–water partition coefficient (Wildman–Crippen LogP) is 0.907. The molecule has 0 bridgehead atoms. The molecular weight excluding hydrogens is 298 g/mol. The van der Waals surface area contributed by atoms with Gasteiger partial charge in [-0.1, -0.05) is 0 Å². The minimum absolute atomic E-state index is 0.0316. The number of benzene rings is 1. The van der Waals surface area contributed by atoms with Crippen molar-refractivity contribution in [3.05, 3.63) is 29.8 Å². The smallest absolute Gasteiger partial charge is 0.325 e. The number of aliphatic carboxylic acids is 1. The largest absolute Gasteiger partial charge is 0.480 e. The molecular formula is C14H14F2N2O4. The van der Waals surface area contributed by atoms with Crippen molar-refractivity contribution < 1.29 is 28.3 Å². The van der Waals surface area contributed by atoms with E-state index >= 15 is 0 Å². The fourth-order valence-corrected chi connectivity index (χ4v) is 2.25. The quantitative estimate of drug-likeness (QED) is 0.809. The molecule has 1 aliphatic heterocycles. The van der Waals surface area contributed by atoms with Crippen LogP contribution in [0.4, 0.5) is 14.5 Å². The summed E-state index contributed by atoms with van der Waals surface area (Å²) in [6, 6.07) is 1.56. The summed E-state index contributed by atoms with van der Waals surface area (Å²) in [5, 5.41) is 10.9. The lowest BCUT2D eigenvalue weighted by molar-refractivity contribution is -0.143. The van der Waals surface area contributed by atoms with Crippen molar-refractivity contribution in [1.82, 2.24) is 5.32 Å². The number of hydrogen-bond acceptors (Lipinski definition) is 3. The summed E-state index contributed by atoms with van der Waals surface area (Å²) in [6.45, 7) is 1.40. The Hall–Kier alpha value is -2.51. The van der Waals surface area contributed by atoms with E-state index in [0.29, 0.717) is 6.07 Å². The first kappa shape index (κ1) is 15.9. The van der Waals surface area contributed by atoms with E-state index in [2.05, 4.69) is 5.32 Å². The summed E-state index contributed by atoms with van der Waals surface area (Å²) >= 11 is 0. The lowest BCUT2D eigenvalue weighted by Gasteiger charge is -2.17. The van der Waals surface area contributed by atoms with E-state index in [0.717, 1.165) is 17.0 Å². The number of carbonyl (C=O) groups is 3. The molecule has 6 nitrogen and oxygen atoms in total. The lowest BCUT2D eigenvalue weighted by atomic mass is 10.1. The summed E-state index contributed by atoms with van der Waals surface area (Å²) in [6.07, 6.45) is 0.148. The summed E-state index contributed by atoms with van der Waals surface area (Å²) in [5.41, 5.74) is 0.0316. The van der Waals surface area contributed by atoms with E-state index < -0.39 is 41.4 Å². The zero-order valence-corrected chi connectivity index (χ0v) is 11.7. The van der Waals surface area contributed by atoms with E-state index in [1.54, 1.807) is 0 Å². The van der Waals surface area contributed by atoms with Gasteiger partial charge in [-0.15, -0.1) is 0 Å². The van der Waals surface area contributed by atoms with E-state index in [1.807, 2.05) is 0 Å². The summed E-state index contributed by atoms with van der Waals surface area (Å²) in [5.74, 6) is -5.25. The number of carboxylic acid groups (broad SMARTS) is 1. The van der Waals surface area contributed by atoms with Gasteiger partial charge in [0.2, 0.25) is 11.8 Å². The van der Waals surface area contributed by atoms with E-state index in [-0.39, 0.29) is 18.7 Å². The zero-order valence-electron chi connectivity index (χ0n) is 11.7. The Morgan fingerprint density at radius 2 is 1.91 bits per heavy atom. The first-order valence-corrected chi connectivity index (χ1v) is 6.60. The first-order valence-electron chi connectivity index (χ1n) is 6.60. The number of hydrogen-bond donors (Lipinski definition) is 2. The van der Waals surface area contributed by atoms with Gasteiger partial charge in [0.25, 0.3) is 0 Å². The van der Waals surface area contributed by atoms with Gasteiger partial charge in [-0.25, -0.2) is 8.78 Å². The number of carboxylic acids is 1. The second kappa shape index (κ2) is 6.08. The third-order valence-electron chi connectivity index (χ3n) is 3.41. The highest BCUT2D eigenvalue weighted by atomic mass is 19.1. The van der Waals surface area contributed by atoms with Crippen LogP contribution in [0.15, 0.2) is 18.2 Å². The molecule has 2 rings (SSSR count). The maximum absolute atomic E-state index is 13.2. The van der Waals surface area contributed by atoms with Crippen LogP contribution in [-0.2, 0) is 14.4 Å². The standard InChI is InChI=1S/C14H14F2N2O4/c1-7(14(21)22)17-12(19)11-2-3-18(13(11)20)10-5-8(15)4-9(16)6-10/h4-7,11H,2-3H2,1H3,(H,17,19)(H,21,22)/t7-,11+/m0/s1. The third-order valence-corrected chi connectivity index (χ3v) is 3.41. The molecule has 0 aromatic heterocycles. The molecule has 8 heteroatoms. The third kappa shape index (κ3) is 3.21. The topological polar surface area (TPSA) is 86.7 Å². The van der Waals surface area contributed by atoms with Crippen molar-refractivity contribution in [2.24, 2.45) is 5.92 Å². The highest BCUT2D eigenvalue weighted by Crippen LogP contribution is 2.26. The van der Waals surface area contributed by atoms with Gasteiger partial charge in [0.15, 0.2) is 0 Å². The van der Waals surface area contributed by atoms with Crippen LogP contribution < -0.4 is 10.2 Å². The second-order valence-corrected chi connectivity index (χ2v) is 5.03. The highest BCUT2D eigenvalue weighted by Gasteiger charge is 2.38. The average Bonchev–Trinajstić information content (AvgIpc) is 2.79. The number of rotatable bonds is 4. The Morgan fingerprint density at radius 1 is 1.32 bits per heavy atom. The van der Waals surface area contributed by atoms with Crippen LogP contribution in [-0.4, -0.2) is 35.5 Å². The molecule has 1 fully saturated rings. The minimum atomic E-state index is -1.22. The number of anilines is 1. The summed E-state index contributed by atoms with van der Waals surface area (Å²) in [7, 11) is 0. The van der Waals surface area contributed by atoms with E-state index in [4.69, 9.17) is 5.11 Å². The normalized spacial score (nSPS) is 19.1. The van der Waals surface area contributed by atoms with Crippen LogP contribution in [0.3, 0.4) is 0 Å². The number of nitrogens with zero attached hydrogens (tertiary/aromatic N) is 1. The molecule has 118 valence electrons. The minimum Gasteiger partial charge on any atom is -0.480 e. The fraction of sp³-hybridized carbons (Fsp3) is 0.357. The van der Waals surface area contributed by atoms with Crippen molar-refractivity contribution in [2.45, 2.75) is 19.4 Å². The average molecular weight is 312 g/mol. The van der Waals surface area contributed by atoms with Crippen molar-refractivity contribution in [3.63, 3.8) is 0 Å². The SMILES string of the molecule is C[C@H](NC(=O)[C@H]1CCN(c2cc(F)cc(F)c2)C1=O)C(=O)O. The number of carbonyl (C=O) groups excluding carboxylic acids is 2. The van der Waals surface area contributed by atoms with E-state index in [1.165, 1.54) is 6.92 Å². The molecule has 0 saturated carbocycles. The van der Waals surface area contributed by atoms with Gasteiger partial charge in [-0.3, -0.25) is 14.4 Å². The molecule has 0 radical (unpaired) electrons. The molecule has 1 aromatic carbocycles. The van der Waals surface area contributed by atoms with E-state index in [9.17, 15) is 23.2 Å². The zero-order chi connectivity index (χ0) is 16.4. The van der Waals surface area contributed by atoms with Gasteiger partial charge in [0.05, 0.1) is 0 Å². The molecule has 1 saturated heterocycles. The summed E-state index contributed by atoms with van der Waals surface area (Å²) < 4.78 is 26.4. The first-order chi connectivity index (χ1) is 10.3. The molecule has 1 heterocycles. The highest BCUT2D eigenvalue weighted by molar-refractivity contribution is 6.10. The lowest BCUT2D eigenvalue weighted by Crippen LogP contribution is -2.44. The van der Waals surface area contributed by atoms with Crippen molar-refractivity contribution in [3.8, 4) is 0 Å². The number of halogens is 2. The van der Waals surface area contributed by atoms with Crippen LogP contribution in [0, 0.1) is 17.6 Å². The Morgan fingerprint density at radius 3 is 2.45 bits per heavy atom. The van der Waals surface area contributed by atoms with Gasteiger partial charge in [-0.05, 0) is 25.5 Å². The second-order valence-electron chi connectivity index (χ2n) is 5.03. The van der Waals surface area contributed by atoms with Gasteiger partial charge >= 0.3 is 5.97 Å². The molecule has 1 aliphatic rings. The maximum Gasteiger partial charge on any atom is 0.325 e. The van der Waals surface area contributed by atoms with Crippen molar-refractivity contribution in [1.29, 1.82) is 0 Å². The molecule has 22 heavy (non-hydrogen) atoms. The Bertz CT molecular complexity index is 615. The van der Waals surface area contributed by atoms with Gasteiger partial charge in [0, 0.05) is 18.3 Å². The van der Waals surface area contributed by atoms with Crippen LogP contribution in [0.1, 0.15) is 13.3 Å². The summed E-state index contributed by atoms with van der Waals surface area (Å²) in [4.78, 5) is 35.9. The van der Waals surface area contributed by atoms with Crippen molar-refractivity contribution >= 4 is 23.5 Å². The monoisotopic (exact) mass is 312 g/mol. The molecule has 1 aromatic rings. The molecule has 2 amide bonds. The van der Waals surface area contributed by atoms with Gasteiger partial charge in [0.1, 0.15) is 23.6 Å². The van der Waals surface area contributed by atoms with Gasteiger partial charge in [-0.2, -0.15) is 0 Å². The molecule has 0 aliphatic carbocycles. The number of amides is 2. The predicted molar refractivity (Wildman–Crippen MR) is 72.1 cm³/mol. The van der Waals surface area contributed by atoms with Crippen LogP contribution >= 0.6 is 0 Å². The van der Waals surface area contributed by atoms with Crippen LogP contribution in [0.5, 0.6) is 0 Å². The fourth-order valence-electron chi connectivity index (χ4n) is 2.25. The molecule has 0 spiro atoms. The van der Waals surface area contributed by atoms with Gasteiger partial charge < -0.3 is 15.3 Å². The Kier molecular flexibility index (Phi) is 4.39. The molecule has 2 atom stereocenters. The number of nitrogens with one attached hydrogen (secondary N) is 1. The van der Waals surface area contributed by atoms with Crippen LogP contribution in [0.25, 0.3) is 0 Å². The molecule has 2 N–H and O–H groups in total. The Labute approximate surface area is 124 Å². The molecule has 0 unspecified atom stereocenters. The van der Waals surface area contributed by atoms with Crippen molar-refractivity contribution in [2.75, 3.05) is 11.4 Å².